The molecule has 0 aliphatic heterocycles. The molecule has 0 saturated heterocycles. The molecule has 198 valence electrons. The van der Waals surface area contributed by atoms with Gasteiger partial charge in [-0.15, -0.1) is 11.3 Å². The number of nitrogens with zero attached hydrogens (tertiary/aromatic N) is 2. The van der Waals surface area contributed by atoms with Crippen molar-refractivity contribution >= 4 is 43.4 Å². The highest BCUT2D eigenvalue weighted by Gasteiger charge is 2.42. The standard InChI is InChI=1S/C24H27BrN4O6S2/c1-24(26,15-3-2-4-17(25)7-15)16-8-20(36-11-16)23(32)18-9-28-12-29-19(18)6-13-5-14(22(31)21(13)30)10-35-37(27,33)34/h2-4,7-9,11-14,21-22,30-31H,5-6,10,26H2,1H3,(H2,27,33,34)/t13-,14+,21-,22+,24?/m0/s1. The van der Waals surface area contributed by atoms with Gasteiger partial charge in [0.1, 0.15) is 6.33 Å². The van der Waals surface area contributed by atoms with Crippen molar-refractivity contribution in [3.8, 4) is 0 Å². The molecule has 5 atom stereocenters. The van der Waals surface area contributed by atoms with E-state index in [1.165, 1.54) is 23.9 Å². The van der Waals surface area contributed by atoms with Crippen LogP contribution >= 0.6 is 27.3 Å². The molecule has 10 nitrogen and oxygen atoms in total. The quantitative estimate of drug-likeness (QED) is 0.263. The third-order valence-electron chi connectivity index (χ3n) is 6.71. The van der Waals surface area contributed by atoms with Crippen LogP contribution < -0.4 is 10.9 Å². The first kappa shape index (κ1) is 27.9. The Labute approximate surface area is 227 Å². The van der Waals surface area contributed by atoms with Crippen LogP contribution in [0.2, 0.25) is 0 Å². The lowest BCUT2D eigenvalue weighted by Crippen LogP contribution is -2.33. The van der Waals surface area contributed by atoms with Gasteiger partial charge in [0.25, 0.3) is 0 Å². The minimum absolute atomic E-state index is 0.179. The molecule has 6 N–H and O–H groups in total. The largest absolute Gasteiger partial charge is 0.390 e. The zero-order chi connectivity index (χ0) is 27.0. The maximum absolute atomic E-state index is 13.5. The van der Waals surface area contributed by atoms with E-state index in [1.54, 1.807) is 6.07 Å². The summed E-state index contributed by atoms with van der Waals surface area (Å²) in [4.78, 5) is 22.2. The normalized spacial score (nSPS) is 23.6. The Bertz CT molecular complexity index is 1400. The summed E-state index contributed by atoms with van der Waals surface area (Å²) >= 11 is 4.73. The molecule has 1 fully saturated rings. The zero-order valence-electron chi connectivity index (χ0n) is 19.8. The van der Waals surface area contributed by atoms with Crippen LogP contribution in [0.15, 0.2) is 52.7 Å². The first-order valence-corrected chi connectivity index (χ1v) is 14.5. The number of benzene rings is 1. The molecule has 4 rings (SSSR count). The Balaban J connectivity index is 1.53. The van der Waals surface area contributed by atoms with Crippen LogP contribution in [0.3, 0.4) is 0 Å². The van der Waals surface area contributed by atoms with Crippen molar-refractivity contribution < 1.29 is 27.6 Å². The van der Waals surface area contributed by atoms with Crippen molar-refractivity contribution in [1.82, 2.24) is 9.97 Å². The number of aliphatic hydroxyl groups excluding tert-OH is 2. The molecular weight excluding hydrogens is 584 g/mol. The van der Waals surface area contributed by atoms with Crippen molar-refractivity contribution in [2.45, 2.75) is 37.5 Å². The number of halogens is 1. The van der Waals surface area contributed by atoms with Gasteiger partial charge in [0.15, 0.2) is 0 Å². The smallest absolute Gasteiger partial charge is 0.333 e. The molecule has 2 aromatic heterocycles. The molecule has 2 heterocycles. The maximum Gasteiger partial charge on any atom is 0.333 e. The molecule has 0 radical (unpaired) electrons. The summed E-state index contributed by atoms with van der Waals surface area (Å²) in [5.74, 6) is -1.40. The Morgan fingerprint density at radius 1 is 1.24 bits per heavy atom. The molecule has 0 bridgehead atoms. The fourth-order valence-corrected chi connectivity index (χ4v) is 6.32. The van der Waals surface area contributed by atoms with Crippen molar-refractivity contribution in [1.29, 1.82) is 0 Å². The minimum Gasteiger partial charge on any atom is -0.390 e. The molecule has 1 aromatic carbocycles. The number of hydrogen-bond donors (Lipinski definition) is 4. The Hall–Kier alpha value is -2.10. The van der Waals surface area contributed by atoms with Gasteiger partial charge in [-0.1, -0.05) is 28.1 Å². The van der Waals surface area contributed by atoms with Crippen molar-refractivity contribution in [2.24, 2.45) is 22.7 Å². The first-order chi connectivity index (χ1) is 17.4. The highest BCUT2D eigenvalue weighted by Crippen LogP contribution is 2.36. The van der Waals surface area contributed by atoms with Crippen LogP contribution in [0.25, 0.3) is 0 Å². The van der Waals surface area contributed by atoms with Crippen LogP contribution in [0, 0.1) is 11.8 Å². The summed E-state index contributed by atoms with van der Waals surface area (Å²) in [6, 6.07) is 9.44. The summed E-state index contributed by atoms with van der Waals surface area (Å²) in [6.45, 7) is 1.53. The molecule has 37 heavy (non-hydrogen) atoms. The van der Waals surface area contributed by atoms with E-state index in [1.807, 2.05) is 36.6 Å². The molecule has 3 aromatic rings. The van der Waals surface area contributed by atoms with Crippen molar-refractivity contribution in [3.05, 3.63) is 80.0 Å². The van der Waals surface area contributed by atoms with Crippen LogP contribution in [0.1, 0.15) is 45.4 Å². The summed E-state index contributed by atoms with van der Waals surface area (Å²) in [5, 5.41) is 27.6. The number of nitrogens with two attached hydrogens (primary N) is 2. The van der Waals surface area contributed by atoms with E-state index >= 15 is 0 Å². The Morgan fingerprint density at radius 2 is 1.97 bits per heavy atom. The SMILES string of the molecule is CC(N)(c1cccc(Br)c1)c1csc(C(=O)c2cncnc2C[C@@H]2C[C@H](COS(N)(=O)=O)[C@@H](O)[C@H]2O)c1. The predicted molar refractivity (Wildman–Crippen MR) is 141 cm³/mol. The fraction of sp³-hybridized carbons (Fsp3) is 0.375. The second kappa shape index (κ2) is 10.9. The molecule has 1 saturated carbocycles. The number of carbonyl (C=O) groups is 1. The third-order valence-corrected chi connectivity index (χ3v) is 8.60. The van der Waals surface area contributed by atoms with E-state index in [4.69, 9.17) is 10.9 Å². The lowest BCUT2D eigenvalue weighted by Gasteiger charge is -2.24. The Morgan fingerprint density at radius 3 is 2.68 bits per heavy atom. The van der Waals surface area contributed by atoms with Crippen molar-refractivity contribution in [3.63, 3.8) is 0 Å². The third kappa shape index (κ3) is 6.32. The molecular formula is C24H27BrN4O6S2. The molecule has 1 aliphatic carbocycles. The number of aliphatic hydroxyl groups is 2. The van der Waals surface area contributed by atoms with E-state index < -0.39 is 39.9 Å². The van der Waals surface area contributed by atoms with Crippen LogP contribution in [0.5, 0.6) is 0 Å². The first-order valence-electron chi connectivity index (χ1n) is 11.4. The number of ketones is 1. The summed E-state index contributed by atoms with van der Waals surface area (Å²) < 4.78 is 27.7. The van der Waals surface area contributed by atoms with E-state index in [-0.39, 0.29) is 30.8 Å². The van der Waals surface area contributed by atoms with Gasteiger partial charge in [0.05, 0.1) is 40.5 Å². The molecule has 0 spiro atoms. The lowest BCUT2D eigenvalue weighted by molar-refractivity contribution is -0.00334. The molecule has 1 unspecified atom stereocenters. The highest BCUT2D eigenvalue weighted by molar-refractivity contribution is 9.10. The molecule has 1 aliphatic rings. The van der Waals surface area contributed by atoms with Crippen LogP contribution in [-0.2, 0) is 26.4 Å². The van der Waals surface area contributed by atoms with Crippen molar-refractivity contribution in [2.75, 3.05) is 6.61 Å². The van der Waals surface area contributed by atoms with Gasteiger partial charge >= 0.3 is 10.3 Å². The number of aromatic nitrogens is 2. The molecule has 0 amide bonds. The average molecular weight is 612 g/mol. The van der Waals surface area contributed by atoms with Gasteiger partial charge in [-0.05, 0) is 60.4 Å². The number of hydrogen-bond acceptors (Lipinski definition) is 10. The van der Waals surface area contributed by atoms with Crippen LogP contribution in [0.4, 0.5) is 0 Å². The fourth-order valence-electron chi connectivity index (χ4n) is 4.57. The Kier molecular flexibility index (Phi) is 8.26. The summed E-state index contributed by atoms with van der Waals surface area (Å²) in [6.07, 6.45) is 0.834. The predicted octanol–water partition coefficient (Wildman–Crippen LogP) is 1.87. The van der Waals surface area contributed by atoms with Gasteiger partial charge in [-0.2, -0.15) is 8.42 Å². The van der Waals surface area contributed by atoms with E-state index in [9.17, 15) is 23.4 Å². The monoisotopic (exact) mass is 610 g/mol. The second-order valence-electron chi connectivity index (χ2n) is 9.34. The maximum atomic E-state index is 13.5. The summed E-state index contributed by atoms with van der Waals surface area (Å²) in [7, 11) is -4.17. The van der Waals surface area contributed by atoms with Gasteiger partial charge in [0, 0.05) is 16.6 Å². The highest BCUT2D eigenvalue weighted by atomic mass is 79.9. The van der Waals surface area contributed by atoms with Crippen LogP contribution in [-0.4, -0.2) is 53.2 Å². The summed E-state index contributed by atoms with van der Waals surface area (Å²) in [5.41, 5.74) is 8.20. The number of carbonyl (C=O) groups excluding carboxylic acids is 1. The lowest BCUT2D eigenvalue weighted by atomic mass is 9.87. The molecule has 13 heteroatoms. The minimum atomic E-state index is -4.17. The van der Waals surface area contributed by atoms with Gasteiger partial charge in [-0.25, -0.2) is 15.1 Å². The van der Waals surface area contributed by atoms with Gasteiger partial charge < -0.3 is 15.9 Å². The van der Waals surface area contributed by atoms with E-state index in [2.05, 4.69) is 30.1 Å². The second-order valence-corrected chi connectivity index (χ2v) is 12.4. The zero-order valence-corrected chi connectivity index (χ0v) is 23.0. The van der Waals surface area contributed by atoms with E-state index in [0.717, 1.165) is 15.6 Å². The van der Waals surface area contributed by atoms with E-state index in [0.29, 0.717) is 10.6 Å². The van der Waals surface area contributed by atoms with Gasteiger partial charge in [-0.3, -0.25) is 8.98 Å². The average Bonchev–Trinajstić information content (AvgIpc) is 3.44. The number of rotatable bonds is 9. The number of thiophene rings is 1. The van der Waals surface area contributed by atoms with Gasteiger partial charge in [0.2, 0.25) is 5.78 Å². The topological polar surface area (TPSA) is 179 Å².